The van der Waals surface area contributed by atoms with Crippen LogP contribution in [0.15, 0.2) is 46.3 Å². The first-order chi connectivity index (χ1) is 15.0. The lowest BCUT2D eigenvalue weighted by Gasteiger charge is -2.13. The molecule has 2 aromatic rings. The summed E-state index contributed by atoms with van der Waals surface area (Å²) < 4.78 is 11.3. The monoisotopic (exact) mass is 478 g/mol. The number of halogens is 2. The molecule has 1 amide bonds. The first-order valence-electron chi connectivity index (χ1n) is 10.1. The summed E-state index contributed by atoms with van der Waals surface area (Å²) in [6.45, 7) is 2.75. The number of rotatable bonds is 9. The second-order valence-electron chi connectivity index (χ2n) is 6.90. The van der Waals surface area contributed by atoms with Crippen molar-refractivity contribution >= 4 is 57.8 Å². The molecule has 0 atom stereocenters. The molecule has 1 aliphatic rings. The van der Waals surface area contributed by atoms with E-state index in [2.05, 4.69) is 17.2 Å². The number of amides is 1. The smallest absolute Gasteiger partial charge is 0.264 e. The number of thioether (sulfide) groups is 1. The normalized spacial score (nSPS) is 16.1. The van der Waals surface area contributed by atoms with Crippen molar-refractivity contribution in [2.75, 3.05) is 13.7 Å². The van der Waals surface area contributed by atoms with Crippen molar-refractivity contribution in [3.8, 4) is 11.5 Å². The largest absolute Gasteiger partial charge is 0.493 e. The molecular weight excluding hydrogens is 455 g/mol. The van der Waals surface area contributed by atoms with E-state index >= 15 is 0 Å². The van der Waals surface area contributed by atoms with E-state index in [4.69, 9.17) is 32.7 Å². The van der Waals surface area contributed by atoms with Gasteiger partial charge in [-0.15, -0.1) is 0 Å². The summed E-state index contributed by atoms with van der Waals surface area (Å²) in [4.78, 5) is 17.3. The summed E-state index contributed by atoms with van der Waals surface area (Å²) in [5, 5.41) is 4.35. The zero-order valence-electron chi connectivity index (χ0n) is 17.4. The predicted molar refractivity (Wildman–Crippen MR) is 130 cm³/mol. The lowest BCUT2D eigenvalue weighted by atomic mass is 10.1. The molecule has 164 valence electrons. The summed E-state index contributed by atoms with van der Waals surface area (Å²) in [7, 11) is 1.57. The van der Waals surface area contributed by atoms with Crippen LogP contribution in [0.3, 0.4) is 0 Å². The van der Waals surface area contributed by atoms with Crippen LogP contribution >= 0.6 is 35.0 Å². The van der Waals surface area contributed by atoms with Gasteiger partial charge < -0.3 is 14.8 Å². The fourth-order valence-corrected chi connectivity index (χ4v) is 4.17. The maximum Gasteiger partial charge on any atom is 0.264 e. The molecule has 1 fully saturated rings. The first kappa shape index (κ1) is 23.5. The molecule has 31 heavy (non-hydrogen) atoms. The van der Waals surface area contributed by atoms with E-state index in [9.17, 15) is 4.79 Å². The Morgan fingerprint density at radius 1 is 1.13 bits per heavy atom. The predicted octanol–water partition coefficient (Wildman–Crippen LogP) is 6.85. The Balaban J connectivity index is 1.74. The molecule has 2 aromatic carbocycles. The zero-order valence-corrected chi connectivity index (χ0v) is 19.7. The molecule has 0 aliphatic carbocycles. The van der Waals surface area contributed by atoms with Gasteiger partial charge in [-0.1, -0.05) is 49.4 Å². The van der Waals surface area contributed by atoms with E-state index in [-0.39, 0.29) is 5.91 Å². The summed E-state index contributed by atoms with van der Waals surface area (Å²) in [5.41, 5.74) is 1.45. The summed E-state index contributed by atoms with van der Waals surface area (Å²) in [6, 6.07) is 10.6. The van der Waals surface area contributed by atoms with Gasteiger partial charge in [-0.05, 0) is 66.2 Å². The van der Waals surface area contributed by atoms with Crippen LogP contribution in [-0.4, -0.2) is 24.8 Å². The Morgan fingerprint density at radius 3 is 2.61 bits per heavy atom. The highest BCUT2D eigenvalue weighted by Gasteiger charge is 2.24. The van der Waals surface area contributed by atoms with Crippen molar-refractivity contribution < 1.29 is 14.3 Å². The average Bonchev–Trinajstić information content (AvgIpc) is 3.09. The van der Waals surface area contributed by atoms with Crippen LogP contribution in [-0.2, 0) is 4.79 Å². The third-order valence-corrected chi connectivity index (χ3v) is 5.94. The van der Waals surface area contributed by atoms with Crippen molar-refractivity contribution in [3.63, 3.8) is 0 Å². The van der Waals surface area contributed by atoms with Crippen LogP contribution < -0.4 is 14.8 Å². The molecule has 0 saturated carbocycles. The van der Waals surface area contributed by atoms with Gasteiger partial charge in [0.15, 0.2) is 16.7 Å². The van der Waals surface area contributed by atoms with Crippen LogP contribution in [0, 0.1) is 0 Å². The number of unbranched alkanes of at least 4 members (excludes halogenated alkanes) is 3. The van der Waals surface area contributed by atoms with Crippen LogP contribution in [0.25, 0.3) is 6.08 Å². The summed E-state index contributed by atoms with van der Waals surface area (Å²) in [6.07, 6.45) is 6.19. The van der Waals surface area contributed by atoms with Crippen molar-refractivity contribution in [3.05, 3.63) is 56.9 Å². The lowest BCUT2D eigenvalue weighted by Crippen LogP contribution is -2.19. The fraction of sp³-hybridized carbons (Fsp3) is 0.304. The number of nitrogens with zero attached hydrogens (tertiary/aromatic N) is 1. The van der Waals surface area contributed by atoms with Gasteiger partial charge in [-0.25, -0.2) is 4.99 Å². The van der Waals surface area contributed by atoms with Crippen molar-refractivity contribution in [1.82, 2.24) is 5.32 Å². The standard InChI is InChI=1S/C23H24Cl2N2O3S/c1-3-4-5-6-11-30-21-18(25)12-15(13-19(21)29-2)14-20-22(28)27-23(31-20)26-17-9-7-16(24)8-10-17/h7-10,12-14H,3-6,11H2,1-2H3,(H,26,27,28)/b20-14+. The Hall–Kier alpha value is -2.15. The molecule has 1 heterocycles. The van der Waals surface area contributed by atoms with Gasteiger partial charge in [0.25, 0.3) is 5.91 Å². The number of hydrogen-bond donors (Lipinski definition) is 1. The number of amidine groups is 1. The van der Waals surface area contributed by atoms with E-state index in [1.165, 1.54) is 24.6 Å². The number of benzene rings is 2. The van der Waals surface area contributed by atoms with E-state index in [1.807, 2.05) is 6.07 Å². The minimum absolute atomic E-state index is 0.218. The Morgan fingerprint density at radius 2 is 1.90 bits per heavy atom. The van der Waals surface area contributed by atoms with Crippen molar-refractivity contribution in [2.45, 2.75) is 32.6 Å². The van der Waals surface area contributed by atoms with E-state index in [1.54, 1.807) is 43.5 Å². The second kappa shape index (κ2) is 11.5. The van der Waals surface area contributed by atoms with Crippen molar-refractivity contribution in [1.29, 1.82) is 0 Å². The quantitative estimate of drug-likeness (QED) is 0.316. The number of carbonyl (C=O) groups is 1. The molecular formula is C23H24Cl2N2O3S. The van der Waals surface area contributed by atoms with E-state index in [0.717, 1.165) is 18.4 Å². The van der Waals surface area contributed by atoms with E-state index < -0.39 is 0 Å². The Labute approximate surface area is 196 Å². The minimum atomic E-state index is -0.218. The minimum Gasteiger partial charge on any atom is -0.493 e. The molecule has 0 aromatic heterocycles. The van der Waals surface area contributed by atoms with Gasteiger partial charge in [0.05, 0.1) is 29.3 Å². The molecule has 1 saturated heterocycles. The van der Waals surface area contributed by atoms with Crippen molar-refractivity contribution in [2.24, 2.45) is 4.99 Å². The molecule has 0 bridgehead atoms. The first-order valence-corrected chi connectivity index (χ1v) is 11.6. The van der Waals surface area contributed by atoms with Gasteiger partial charge in [0, 0.05) is 5.02 Å². The molecule has 1 aliphatic heterocycles. The third kappa shape index (κ3) is 6.66. The average molecular weight is 479 g/mol. The topological polar surface area (TPSA) is 59.9 Å². The molecule has 8 heteroatoms. The van der Waals surface area contributed by atoms with Crippen LogP contribution in [0.5, 0.6) is 11.5 Å². The molecule has 3 rings (SSSR count). The van der Waals surface area contributed by atoms with Gasteiger partial charge in [0.2, 0.25) is 0 Å². The Bertz CT molecular complexity index is 991. The van der Waals surface area contributed by atoms with Crippen LogP contribution in [0.1, 0.15) is 38.2 Å². The van der Waals surface area contributed by atoms with Crippen LogP contribution in [0.2, 0.25) is 10.0 Å². The van der Waals surface area contributed by atoms with Gasteiger partial charge >= 0.3 is 0 Å². The number of ether oxygens (including phenoxy) is 2. The van der Waals surface area contributed by atoms with E-state index in [0.29, 0.717) is 43.9 Å². The lowest BCUT2D eigenvalue weighted by molar-refractivity contribution is -0.115. The molecule has 5 nitrogen and oxygen atoms in total. The fourth-order valence-electron chi connectivity index (χ4n) is 2.93. The highest BCUT2D eigenvalue weighted by atomic mass is 35.5. The molecule has 1 N–H and O–H groups in total. The maximum atomic E-state index is 12.4. The number of carbonyl (C=O) groups excluding carboxylic acids is 1. The molecule has 0 radical (unpaired) electrons. The molecule has 0 spiro atoms. The maximum absolute atomic E-state index is 12.4. The highest BCUT2D eigenvalue weighted by Crippen LogP contribution is 2.38. The summed E-state index contributed by atoms with van der Waals surface area (Å²) >= 11 is 13.6. The number of nitrogens with one attached hydrogen (secondary N) is 1. The SMILES string of the molecule is CCCCCCOc1c(Cl)cc(/C=C2/SC(=Nc3ccc(Cl)cc3)NC2=O)cc1OC. The Kier molecular flexibility index (Phi) is 8.69. The second-order valence-corrected chi connectivity index (χ2v) is 8.78. The van der Waals surface area contributed by atoms with Gasteiger partial charge in [-0.3, -0.25) is 4.79 Å². The number of hydrogen-bond acceptors (Lipinski definition) is 5. The van der Waals surface area contributed by atoms with Gasteiger partial charge in [0.1, 0.15) is 0 Å². The number of aliphatic imine (C=N–C) groups is 1. The van der Waals surface area contributed by atoms with Gasteiger partial charge in [-0.2, -0.15) is 0 Å². The zero-order chi connectivity index (χ0) is 22.2. The molecule has 0 unspecified atom stereocenters. The highest BCUT2D eigenvalue weighted by molar-refractivity contribution is 8.18. The number of methoxy groups -OCH3 is 1. The summed E-state index contributed by atoms with van der Waals surface area (Å²) in [5.74, 6) is 0.841. The third-order valence-electron chi connectivity index (χ3n) is 4.50. The van der Waals surface area contributed by atoms with Crippen LogP contribution in [0.4, 0.5) is 5.69 Å².